The molecule has 1 aromatic carbocycles. The number of aryl methyl sites for hydroxylation is 3. The van der Waals surface area contributed by atoms with Crippen molar-refractivity contribution in [3.05, 3.63) is 34.4 Å². The van der Waals surface area contributed by atoms with Crippen molar-refractivity contribution < 1.29 is 0 Å². The van der Waals surface area contributed by atoms with Gasteiger partial charge in [0.1, 0.15) is 0 Å². The Morgan fingerprint density at radius 2 is 1.76 bits per heavy atom. The molecule has 0 aliphatic carbocycles. The standard InChI is InChI=1S/C16H25N/c1-11-5-6-15(17-10-11)9-16-13(3)7-12(2)8-14(16)4/h7-8,11,15,17H,5-6,9-10H2,1-4H3. The van der Waals surface area contributed by atoms with Gasteiger partial charge in [-0.15, -0.1) is 0 Å². The van der Waals surface area contributed by atoms with Gasteiger partial charge < -0.3 is 5.32 Å². The zero-order valence-electron chi connectivity index (χ0n) is 11.6. The van der Waals surface area contributed by atoms with E-state index < -0.39 is 0 Å². The van der Waals surface area contributed by atoms with Crippen LogP contribution in [-0.2, 0) is 6.42 Å². The van der Waals surface area contributed by atoms with Gasteiger partial charge >= 0.3 is 0 Å². The van der Waals surface area contributed by atoms with Crippen LogP contribution in [0.3, 0.4) is 0 Å². The minimum Gasteiger partial charge on any atom is -0.313 e. The van der Waals surface area contributed by atoms with Gasteiger partial charge in [0.15, 0.2) is 0 Å². The summed E-state index contributed by atoms with van der Waals surface area (Å²) < 4.78 is 0. The van der Waals surface area contributed by atoms with Gasteiger partial charge in [-0.25, -0.2) is 0 Å². The second-order valence-corrected chi connectivity index (χ2v) is 5.87. The van der Waals surface area contributed by atoms with E-state index in [1.807, 2.05) is 0 Å². The Bertz CT molecular complexity index is 364. The first-order chi connectivity index (χ1) is 8.06. The number of piperidine rings is 1. The molecular formula is C16H25N. The Labute approximate surface area is 106 Å². The molecule has 0 bridgehead atoms. The van der Waals surface area contributed by atoms with Crippen molar-refractivity contribution in [3.63, 3.8) is 0 Å². The Morgan fingerprint density at radius 1 is 1.12 bits per heavy atom. The minimum atomic E-state index is 0.686. The Morgan fingerprint density at radius 3 is 2.29 bits per heavy atom. The van der Waals surface area contributed by atoms with Crippen LogP contribution in [0.2, 0.25) is 0 Å². The van der Waals surface area contributed by atoms with Crippen molar-refractivity contribution >= 4 is 0 Å². The first-order valence-electron chi connectivity index (χ1n) is 6.86. The molecule has 1 nitrogen and oxygen atoms in total. The first kappa shape index (κ1) is 12.6. The lowest BCUT2D eigenvalue weighted by Gasteiger charge is -2.29. The maximum Gasteiger partial charge on any atom is 0.0108 e. The Hall–Kier alpha value is -0.820. The monoisotopic (exact) mass is 231 g/mol. The maximum atomic E-state index is 3.69. The van der Waals surface area contributed by atoms with Crippen LogP contribution in [0, 0.1) is 26.7 Å². The van der Waals surface area contributed by atoms with Crippen LogP contribution in [0.4, 0.5) is 0 Å². The maximum absolute atomic E-state index is 3.69. The molecule has 1 saturated heterocycles. The molecule has 17 heavy (non-hydrogen) atoms. The molecule has 0 radical (unpaired) electrons. The number of rotatable bonds is 2. The average Bonchev–Trinajstić information content (AvgIpc) is 2.26. The summed E-state index contributed by atoms with van der Waals surface area (Å²) in [5.41, 5.74) is 5.86. The van der Waals surface area contributed by atoms with E-state index in [9.17, 15) is 0 Å². The molecular weight excluding hydrogens is 206 g/mol. The average molecular weight is 231 g/mol. The summed E-state index contributed by atoms with van der Waals surface area (Å²) in [6, 6.07) is 5.31. The summed E-state index contributed by atoms with van der Waals surface area (Å²) in [5, 5.41) is 3.69. The molecule has 1 N–H and O–H groups in total. The second kappa shape index (κ2) is 5.22. The quantitative estimate of drug-likeness (QED) is 0.821. The third-order valence-corrected chi connectivity index (χ3v) is 4.05. The van der Waals surface area contributed by atoms with Crippen molar-refractivity contribution in [2.24, 2.45) is 5.92 Å². The first-order valence-corrected chi connectivity index (χ1v) is 6.86. The zero-order chi connectivity index (χ0) is 12.4. The summed E-state index contributed by atoms with van der Waals surface area (Å²) in [7, 11) is 0. The molecule has 2 atom stereocenters. The van der Waals surface area contributed by atoms with Crippen LogP contribution >= 0.6 is 0 Å². The van der Waals surface area contributed by atoms with Gasteiger partial charge in [0.25, 0.3) is 0 Å². The molecule has 1 fully saturated rings. The molecule has 0 spiro atoms. The summed E-state index contributed by atoms with van der Waals surface area (Å²) in [5.74, 6) is 0.853. The molecule has 2 rings (SSSR count). The summed E-state index contributed by atoms with van der Waals surface area (Å²) in [6.45, 7) is 10.2. The van der Waals surface area contributed by atoms with E-state index in [2.05, 4.69) is 45.1 Å². The molecule has 0 saturated carbocycles. The van der Waals surface area contributed by atoms with Gasteiger partial charge in [0.2, 0.25) is 0 Å². The van der Waals surface area contributed by atoms with Crippen LogP contribution < -0.4 is 5.32 Å². The topological polar surface area (TPSA) is 12.0 Å². The minimum absolute atomic E-state index is 0.686. The predicted molar refractivity (Wildman–Crippen MR) is 74.5 cm³/mol. The van der Waals surface area contributed by atoms with Crippen molar-refractivity contribution in [3.8, 4) is 0 Å². The molecule has 94 valence electrons. The molecule has 1 aliphatic rings. The normalized spacial score (nSPS) is 24.9. The highest BCUT2D eigenvalue weighted by Gasteiger charge is 2.18. The molecule has 2 unspecified atom stereocenters. The third kappa shape index (κ3) is 3.10. The van der Waals surface area contributed by atoms with Crippen molar-refractivity contribution in [1.82, 2.24) is 5.32 Å². The molecule has 1 heterocycles. The lowest BCUT2D eigenvalue weighted by Crippen LogP contribution is -2.39. The van der Waals surface area contributed by atoms with Crippen LogP contribution in [-0.4, -0.2) is 12.6 Å². The highest BCUT2D eigenvalue weighted by molar-refractivity contribution is 5.38. The van der Waals surface area contributed by atoms with E-state index in [4.69, 9.17) is 0 Å². The lowest BCUT2D eigenvalue weighted by atomic mass is 9.89. The van der Waals surface area contributed by atoms with E-state index in [1.165, 1.54) is 42.5 Å². The van der Waals surface area contributed by atoms with Crippen LogP contribution in [0.1, 0.15) is 42.0 Å². The number of nitrogens with one attached hydrogen (secondary N) is 1. The molecule has 1 aliphatic heterocycles. The van der Waals surface area contributed by atoms with Crippen LogP contribution in [0.5, 0.6) is 0 Å². The van der Waals surface area contributed by atoms with Crippen molar-refractivity contribution in [2.45, 2.75) is 53.0 Å². The predicted octanol–water partition coefficient (Wildman–Crippen LogP) is 3.54. The smallest absolute Gasteiger partial charge is 0.0108 e. The molecule has 1 aromatic rings. The van der Waals surface area contributed by atoms with E-state index in [0.717, 1.165) is 5.92 Å². The number of benzene rings is 1. The molecule has 0 amide bonds. The number of hydrogen-bond acceptors (Lipinski definition) is 1. The van der Waals surface area contributed by atoms with Gasteiger partial charge in [-0.05, 0) is 69.2 Å². The highest BCUT2D eigenvalue weighted by atomic mass is 14.9. The van der Waals surface area contributed by atoms with Crippen molar-refractivity contribution in [1.29, 1.82) is 0 Å². The van der Waals surface area contributed by atoms with Gasteiger partial charge in [0, 0.05) is 6.04 Å². The van der Waals surface area contributed by atoms with E-state index in [1.54, 1.807) is 5.56 Å². The fourth-order valence-corrected chi connectivity index (χ4v) is 3.01. The molecule has 0 aromatic heterocycles. The molecule has 1 heteroatoms. The fraction of sp³-hybridized carbons (Fsp3) is 0.625. The lowest BCUT2D eigenvalue weighted by molar-refractivity contribution is 0.326. The fourth-order valence-electron chi connectivity index (χ4n) is 3.01. The zero-order valence-corrected chi connectivity index (χ0v) is 11.6. The van der Waals surface area contributed by atoms with Crippen LogP contribution in [0.15, 0.2) is 12.1 Å². The van der Waals surface area contributed by atoms with E-state index >= 15 is 0 Å². The van der Waals surface area contributed by atoms with Gasteiger partial charge in [-0.3, -0.25) is 0 Å². The van der Waals surface area contributed by atoms with Gasteiger partial charge in [-0.2, -0.15) is 0 Å². The third-order valence-electron chi connectivity index (χ3n) is 4.05. The second-order valence-electron chi connectivity index (χ2n) is 5.87. The summed E-state index contributed by atoms with van der Waals surface area (Å²) >= 11 is 0. The van der Waals surface area contributed by atoms with E-state index in [-0.39, 0.29) is 0 Å². The largest absolute Gasteiger partial charge is 0.313 e. The van der Waals surface area contributed by atoms with E-state index in [0.29, 0.717) is 6.04 Å². The van der Waals surface area contributed by atoms with Crippen molar-refractivity contribution in [2.75, 3.05) is 6.54 Å². The van der Waals surface area contributed by atoms with Gasteiger partial charge in [0.05, 0.1) is 0 Å². The summed E-state index contributed by atoms with van der Waals surface area (Å²) in [6.07, 6.45) is 3.90. The Balaban J connectivity index is 2.08. The number of hydrogen-bond donors (Lipinski definition) is 1. The van der Waals surface area contributed by atoms with Gasteiger partial charge in [-0.1, -0.05) is 24.6 Å². The van der Waals surface area contributed by atoms with Crippen LogP contribution in [0.25, 0.3) is 0 Å². The summed E-state index contributed by atoms with van der Waals surface area (Å²) in [4.78, 5) is 0. The highest BCUT2D eigenvalue weighted by Crippen LogP contribution is 2.22. The Kier molecular flexibility index (Phi) is 3.88. The SMILES string of the molecule is Cc1cc(C)c(CC2CCC(C)CN2)c(C)c1.